The van der Waals surface area contributed by atoms with Crippen LogP contribution in [0.3, 0.4) is 0 Å². The minimum absolute atomic E-state index is 0.129. The normalized spacial score (nSPS) is 11.6. The summed E-state index contributed by atoms with van der Waals surface area (Å²) in [7, 11) is 2.80. The predicted molar refractivity (Wildman–Crippen MR) is 221 cm³/mol. The van der Waals surface area contributed by atoms with E-state index in [0.717, 1.165) is 26.1 Å². The predicted octanol–water partition coefficient (Wildman–Crippen LogP) is 12.8. The van der Waals surface area contributed by atoms with Crippen LogP contribution >= 0.6 is 0 Å². The molecule has 0 saturated carbocycles. The van der Waals surface area contributed by atoms with Gasteiger partial charge in [-0.05, 0) is 38.9 Å². The highest BCUT2D eigenvalue weighted by molar-refractivity contribution is 5.74. The molecule has 0 aliphatic carbocycles. The number of hydrogen-bond acceptors (Lipinski definition) is 6. The molecule has 51 heavy (non-hydrogen) atoms. The van der Waals surface area contributed by atoms with Gasteiger partial charge in [-0.15, -0.1) is 0 Å². The van der Waals surface area contributed by atoms with Gasteiger partial charge in [0.1, 0.15) is 0 Å². The van der Waals surface area contributed by atoms with E-state index in [9.17, 15) is 9.59 Å². The Hall–Kier alpha value is -1.14. The van der Waals surface area contributed by atoms with Crippen molar-refractivity contribution in [1.82, 2.24) is 9.80 Å². The molecule has 0 rings (SSSR count). The number of unbranched alkanes of at least 4 members (excludes halogenated alkanes) is 30. The zero-order valence-electron chi connectivity index (χ0n) is 35.1. The summed E-state index contributed by atoms with van der Waals surface area (Å²) in [5, 5.41) is 0. The molecule has 304 valence electrons. The lowest BCUT2D eigenvalue weighted by Gasteiger charge is -2.25. The van der Waals surface area contributed by atoms with Crippen LogP contribution in [0.4, 0.5) is 0 Å². The summed E-state index contributed by atoms with van der Waals surface area (Å²) in [4.78, 5) is 28.3. The topological polar surface area (TPSA) is 59.1 Å². The lowest BCUT2D eigenvalue weighted by molar-refractivity contribution is -0.145. The number of carbonyl (C=O) groups is 2. The molecule has 6 heteroatoms. The maximum Gasteiger partial charge on any atom is 0.319 e. The van der Waals surface area contributed by atoms with Crippen molar-refractivity contribution in [2.45, 2.75) is 226 Å². The van der Waals surface area contributed by atoms with Gasteiger partial charge in [-0.25, -0.2) is 0 Å². The molecule has 0 aromatic rings. The molecular formula is C45H90N2O4. The molecule has 6 nitrogen and oxygen atoms in total. The summed E-state index contributed by atoms with van der Waals surface area (Å²) in [6.07, 6.45) is 45.7. The molecule has 0 amide bonds. The van der Waals surface area contributed by atoms with E-state index in [1.54, 1.807) is 0 Å². The van der Waals surface area contributed by atoms with Gasteiger partial charge in [0.05, 0.1) is 27.3 Å². The van der Waals surface area contributed by atoms with Crippen molar-refractivity contribution in [1.29, 1.82) is 0 Å². The number of hydrogen-bond donors (Lipinski definition) is 0. The SMILES string of the molecule is CCCCCCCCCCCCCCCCCCN(CCCCCCCCCCCCCCCCCC)CCCN(CC(=O)OC)CC(=O)OC. The van der Waals surface area contributed by atoms with E-state index >= 15 is 0 Å². The first-order valence-electron chi connectivity index (χ1n) is 22.7. The largest absolute Gasteiger partial charge is 0.468 e. The van der Waals surface area contributed by atoms with Gasteiger partial charge in [0, 0.05) is 6.54 Å². The molecule has 0 aromatic carbocycles. The fourth-order valence-corrected chi connectivity index (χ4v) is 7.33. The minimum atomic E-state index is -0.308. The van der Waals surface area contributed by atoms with Crippen LogP contribution in [0.25, 0.3) is 0 Å². The van der Waals surface area contributed by atoms with Gasteiger partial charge in [0.2, 0.25) is 0 Å². The van der Waals surface area contributed by atoms with E-state index in [4.69, 9.17) is 9.47 Å². The van der Waals surface area contributed by atoms with E-state index < -0.39 is 0 Å². The first kappa shape index (κ1) is 49.9. The van der Waals surface area contributed by atoms with Gasteiger partial charge < -0.3 is 14.4 Å². The second-order valence-electron chi connectivity index (χ2n) is 15.7. The zero-order valence-corrected chi connectivity index (χ0v) is 35.1. The first-order valence-corrected chi connectivity index (χ1v) is 22.7. The Morgan fingerprint density at radius 3 is 0.784 bits per heavy atom. The molecular weight excluding hydrogens is 633 g/mol. The minimum Gasteiger partial charge on any atom is -0.468 e. The average molecular weight is 723 g/mol. The standard InChI is InChI=1S/C45H90N2O4/c1-5-7-9-11-13-15-17-19-21-23-25-27-29-31-33-35-38-46(40-37-41-47(42-44(48)50-3)43-45(49)51-4)39-36-34-32-30-28-26-24-22-20-18-16-14-12-10-8-6-2/h5-43H2,1-4H3. The van der Waals surface area contributed by atoms with Crippen molar-refractivity contribution in [2.24, 2.45) is 0 Å². The maximum absolute atomic E-state index is 11.9. The van der Waals surface area contributed by atoms with Crippen molar-refractivity contribution < 1.29 is 19.1 Å². The second kappa shape index (κ2) is 41.6. The molecule has 0 unspecified atom stereocenters. The van der Waals surface area contributed by atoms with E-state index in [0.29, 0.717) is 6.54 Å². The third kappa shape index (κ3) is 38.4. The molecule has 0 heterocycles. The van der Waals surface area contributed by atoms with Crippen LogP contribution in [0.1, 0.15) is 226 Å². The van der Waals surface area contributed by atoms with Gasteiger partial charge in [-0.3, -0.25) is 14.5 Å². The lowest BCUT2D eigenvalue weighted by Crippen LogP contribution is -2.38. The van der Waals surface area contributed by atoms with Crippen LogP contribution in [0.2, 0.25) is 0 Å². The summed E-state index contributed by atoms with van der Waals surface area (Å²) in [5.41, 5.74) is 0. The molecule has 0 spiro atoms. The highest BCUT2D eigenvalue weighted by Crippen LogP contribution is 2.16. The number of rotatable bonds is 42. The fraction of sp³-hybridized carbons (Fsp3) is 0.956. The van der Waals surface area contributed by atoms with Gasteiger partial charge in [-0.1, -0.05) is 206 Å². The van der Waals surface area contributed by atoms with Crippen molar-refractivity contribution in [3.63, 3.8) is 0 Å². The van der Waals surface area contributed by atoms with Crippen molar-refractivity contribution in [2.75, 3.05) is 53.5 Å². The Morgan fingerprint density at radius 2 is 0.529 bits per heavy atom. The molecule has 0 atom stereocenters. The number of methoxy groups -OCH3 is 2. The molecule has 0 radical (unpaired) electrons. The van der Waals surface area contributed by atoms with E-state index in [1.807, 2.05) is 4.90 Å². The Bertz CT molecular complexity index is 664. The van der Waals surface area contributed by atoms with Gasteiger partial charge in [0.25, 0.3) is 0 Å². The highest BCUT2D eigenvalue weighted by atomic mass is 16.5. The van der Waals surface area contributed by atoms with E-state index in [-0.39, 0.29) is 25.0 Å². The molecule has 0 bridgehead atoms. The Morgan fingerprint density at radius 1 is 0.314 bits per heavy atom. The summed E-state index contributed by atoms with van der Waals surface area (Å²) in [6, 6.07) is 0. The Balaban J connectivity index is 4.21. The van der Waals surface area contributed by atoms with Crippen LogP contribution in [0, 0.1) is 0 Å². The number of nitrogens with zero attached hydrogens (tertiary/aromatic N) is 2. The molecule has 0 fully saturated rings. The summed E-state index contributed by atoms with van der Waals surface area (Å²) < 4.78 is 9.72. The number of esters is 2. The Labute approximate surface area is 319 Å². The first-order chi connectivity index (χ1) is 25.1. The summed E-state index contributed by atoms with van der Waals surface area (Å²) >= 11 is 0. The maximum atomic E-state index is 11.9. The highest BCUT2D eigenvalue weighted by Gasteiger charge is 2.16. The molecule has 0 aromatic heterocycles. The van der Waals surface area contributed by atoms with Crippen LogP contribution in [-0.2, 0) is 19.1 Å². The average Bonchev–Trinajstić information content (AvgIpc) is 3.13. The number of carbonyl (C=O) groups excluding carboxylic acids is 2. The van der Waals surface area contributed by atoms with Gasteiger partial charge >= 0.3 is 11.9 Å². The van der Waals surface area contributed by atoms with Crippen molar-refractivity contribution in [3.8, 4) is 0 Å². The van der Waals surface area contributed by atoms with Crippen LogP contribution in [0.5, 0.6) is 0 Å². The molecule has 0 saturated heterocycles. The van der Waals surface area contributed by atoms with E-state index in [2.05, 4.69) is 18.7 Å². The zero-order chi connectivity index (χ0) is 37.3. The fourth-order valence-electron chi connectivity index (χ4n) is 7.33. The van der Waals surface area contributed by atoms with Crippen molar-refractivity contribution in [3.05, 3.63) is 0 Å². The van der Waals surface area contributed by atoms with Crippen LogP contribution in [0.15, 0.2) is 0 Å². The molecule has 0 N–H and O–H groups in total. The van der Waals surface area contributed by atoms with Gasteiger partial charge in [-0.2, -0.15) is 0 Å². The van der Waals surface area contributed by atoms with Gasteiger partial charge in [0.15, 0.2) is 0 Å². The van der Waals surface area contributed by atoms with Crippen molar-refractivity contribution >= 4 is 11.9 Å². The molecule has 0 aliphatic heterocycles. The molecule has 0 aliphatic rings. The summed E-state index contributed by atoms with van der Waals surface area (Å²) in [6.45, 7) is 8.87. The third-order valence-electron chi connectivity index (χ3n) is 10.8. The third-order valence-corrected chi connectivity index (χ3v) is 10.8. The van der Waals surface area contributed by atoms with Crippen LogP contribution in [-0.4, -0.2) is 75.2 Å². The quantitative estimate of drug-likeness (QED) is 0.0462. The van der Waals surface area contributed by atoms with Crippen LogP contribution < -0.4 is 0 Å². The summed E-state index contributed by atoms with van der Waals surface area (Å²) in [5.74, 6) is -0.616. The second-order valence-corrected chi connectivity index (χ2v) is 15.7. The Kier molecular flexibility index (Phi) is 40.7. The smallest absolute Gasteiger partial charge is 0.319 e. The monoisotopic (exact) mass is 723 g/mol. The lowest BCUT2D eigenvalue weighted by atomic mass is 10.0. The number of ether oxygens (including phenoxy) is 2. The van der Waals surface area contributed by atoms with E-state index in [1.165, 1.54) is 220 Å².